The molecule has 0 saturated heterocycles. The van der Waals surface area contributed by atoms with E-state index in [2.05, 4.69) is 5.10 Å². The zero-order valence-corrected chi connectivity index (χ0v) is 16.4. The summed E-state index contributed by atoms with van der Waals surface area (Å²) in [6, 6.07) is 13.7. The summed E-state index contributed by atoms with van der Waals surface area (Å²) >= 11 is 1.56. The van der Waals surface area contributed by atoms with E-state index in [-0.39, 0.29) is 6.04 Å². The van der Waals surface area contributed by atoms with Gasteiger partial charge < -0.3 is 13.9 Å². The maximum Gasteiger partial charge on any atom is 0.338 e. The zero-order chi connectivity index (χ0) is 20.2. The third-order valence-corrected chi connectivity index (χ3v) is 5.39. The van der Waals surface area contributed by atoms with Gasteiger partial charge in [-0.05, 0) is 41.8 Å². The summed E-state index contributed by atoms with van der Waals surface area (Å²) in [6.07, 6.45) is 2.09. The molecule has 0 aliphatic carbocycles. The van der Waals surface area contributed by atoms with Crippen molar-refractivity contribution in [2.24, 2.45) is 5.10 Å². The van der Waals surface area contributed by atoms with Crippen molar-refractivity contribution in [1.29, 1.82) is 0 Å². The zero-order valence-electron chi connectivity index (χ0n) is 15.6. The van der Waals surface area contributed by atoms with Gasteiger partial charge in [-0.2, -0.15) is 5.10 Å². The van der Waals surface area contributed by atoms with Crippen LogP contribution in [0.4, 0.5) is 0 Å². The molecule has 0 saturated carbocycles. The van der Waals surface area contributed by atoms with Gasteiger partial charge in [0.05, 0.1) is 29.5 Å². The van der Waals surface area contributed by atoms with Crippen molar-refractivity contribution < 1.29 is 23.5 Å². The Morgan fingerprint density at radius 1 is 1.24 bits per heavy atom. The molecule has 148 valence electrons. The summed E-state index contributed by atoms with van der Waals surface area (Å²) in [5.74, 6) is 0.142. The summed E-state index contributed by atoms with van der Waals surface area (Å²) in [5, 5.41) is 7.78. The minimum Gasteiger partial charge on any atom is -0.497 e. The summed E-state index contributed by atoms with van der Waals surface area (Å²) in [5.41, 5.74) is 1.11. The molecule has 7 nitrogen and oxygen atoms in total. The van der Waals surface area contributed by atoms with E-state index >= 15 is 0 Å². The lowest BCUT2D eigenvalue weighted by molar-refractivity contribution is -0.136. The van der Waals surface area contributed by atoms with Crippen molar-refractivity contribution >= 4 is 28.9 Å². The predicted molar refractivity (Wildman–Crippen MR) is 107 cm³/mol. The van der Waals surface area contributed by atoms with Gasteiger partial charge in [-0.1, -0.05) is 12.1 Å². The fourth-order valence-electron chi connectivity index (χ4n) is 3.06. The first-order valence-corrected chi connectivity index (χ1v) is 9.81. The maximum absolute atomic E-state index is 12.8. The molecule has 1 aromatic carbocycles. The van der Waals surface area contributed by atoms with Crippen LogP contribution in [0.25, 0.3) is 0 Å². The molecule has 8 heteroatoms. The van der Waals surface area contributed by atoms with Crippen LogP contribution in [0.15, 0.2) is 69.7 Å². The van der Waals surface area contributed by atoms with E-state index in [1.807, 2.05) is 17.5 Å². The number of hydrogen-bond donors (Lipinski definition) is 0. The van der Waals surface area contributed by atoms with Crippen LogP contribution in [0.3, 0.4) is 0 Å². The van der Waals surface area contributed by atoms with Crippen molar-refractivity contribution in [1.82, 2.24) is 5.01 Å². The number of ether oxygens (including phenoxy) is 2. The quantitative estimate of drug-likeness (QED) is 0.576. The Kier molecular flexibility index (Phi) is 5.44. The van der Waals surface area contributed by atoms with E-state index in [0.29, 0.717) is 23.5 Å². The molecule has 0 spiro atoms. The Labute approximate surface area is 171 Å². The Morgan fingerprint density at radius 3 is 2.86 bits per heavy atom. The van der Waals surface area contributed by atoms with Crippen LogP contribution in [-0.2, 0) is 9.53 Å². The average Bonchev–Trinajstić information content (AvgIpc) is 3.51. The predicted octanol–water partition coefficient (Wildman–Crippen LogP) is 3.88. The van der Waals surface area contributed by atoms with Crippen LogP contribution in [0.1, 0.15) is 33.5 Å². The van der Waals surface area contributed by atoms with Crippen LogP contribution in [0.2, 0.25) is 0 Å². The lowest BCUT2D eigenvalue weighted by Gasteiger charge is -2.19. The van der Waals surface area contributed by atoms with Gasteiger partial charge in [0.25, 0.3) is 5.91 Å². The van der Waals surface area contributed by atoms with Crippen LogP contribution >= 0.6 is 11.3 Å². The minimum absolute atomic E-state index is 0.309. The van der Waals surface area contributed by atoms with Gasteiger partial charge in [0.1, 0.15) is 17.6 Å². The summed E-state index contributed by atoms with van der Waals surface area (Å²) in [4.78, 5) is 26.1. The van der Waals surface area contributed by atoms with E-state index in [1.54, 1.807) is 54.0 Å². The number of hydrazone groups is 1. The number of esters is 1. The number of amides is 1. The second kappa shape index (κ2) is 8.32. The first-order valence-electron chi connectivity index (χ1n) is 8.93. The second-order valence-corrected chi connectivity index (χ2v) is 7.25. The highest BCUT2D eigenvalue weighted by molar-refractivity contribution is 7.12. The number of thiophene rings is 1. The molecule has 2 aromatic heterocycles. The summed E-state index contributed by atoms with van der Waals surface area (Å²) < 4.78 is 15.8. The molecule has 1 aliphatic rings. The molecular weight excluding hydrogens is 392 g/mol. The van der Waals surface area contributed by atoms with Crippen molar-refractivity contribution in [3.8, 4) is 5.75 Å². The van der Waals surface area contributed by atoms with E-state index in [9.17, 15) is 9.59 Å². The van der Waals surface area contributed by atoms with Crippen molar-refractivity contribution in [2.45, 2.75) is 12.5 Å². The number of hydrogen-bond acceptors (Lipinski definition) is 7. The van der Waals surface area contributed by atoms with Gasteiger partial charge in [0.2, 0.25) is 0 Å². The molecule has 1 amide bonds. The number of methoxy groups -OCH3 is 1. The van der Waals surface area contributed by atoms with Gasteiger partial charge in [0.15, 0.2) is 6.61 Å². The average molecular weight is 410 g/mol. The fourth-order valence-corrected chi connectivity index (χ4v) is 3.78. The van der Waals surface area contributed by atoms with Gasteiger partial charge in [-0.25, -0.2) is 9.80 Å². The highest BCUT2D eigenvalue weighted by Crippen LogP contribution is 2.34. The molecule has 0 N–H and O–H groups in total. The van der Waals surface area contributed by atoms with Gasteiger partial charge in [-0.3, -0.25) is 4.79 Å². The van der Waals surface area contributed by atoms with Crippen molar-refractivity contribution in [2.75, 3.05) is 13.7 Å². The molecule has 3 heterocycles. The molecule has 3 aromatic rings. The number of nitrogens with zero attached hydrogens (tertiary/aromatic N) is 2. The minimum atomic E-state index is -0.603. The van der Waals surface area contributed by atoms with E-state index < -0.39 is 18.5 Å². The van der Waals surface area contributed by atoms with Gasteiger partial charge >= 0.3 is 5.97 Å². The van der Waals surface area contributed by atoms with Gasteiger partial charge in [0, 0.05) is 6.42 Å². The van der Waals surface area contributed by atoms with E-state index in [1.165, 1.54) is 12.1 Å². The molecule has 29 heavy (non-hydrogen) atoms. The molecule has 1 atom stereocenters. The lowest BCUT2D eigenvalue weighted by Crippen LogP contribution is -2.31. The fraction of sp³-hybridized carbons (Fsp3) is 0.190. The Balaban J connectivity index is 1.48. The normalized spacial score (nSPS) is 15.8. The molecule has 1 aliphatic heterocycles. The number of carbonyl (C=O) groups excluding carboxylic acids is 2. The van der Waals surface area contributed by atoms with Crippen LogP contribution in [0, 0.1) is 0 Å². The topological polar surface area (TPSA) is 81.3 Å². The van der Waals surface area contributed by atoms with Crippen LogP contribution < -0.4 is 4.74 Å². The van der Waals surface area contributed by atoms with E-state index in [0.717, 1.165) is 10.6 Å². The Bertz CT molecular complexity index is 1030. The molecule has 0 bridgehead atoms. The number of rotatable bonds is 6. The standard InChI is InChI=1S/C21H18N2O5S/c1-26-15-6-2-5-14(11-15)21(25)28-13-20(24)23-17(18-7-3-9-27-18)12-16(22-23)19-8-4-10-29-19/h2-11,17H,12-13H2,1H3. The first-order chi connectivity index (χ1) is 14.2. The molecule has 4 rings (SSSR count). The van der Waals surface area contributed by atoms with Crippen LogP contribution in [0.5, 0.6) is 5.75 Å². The Morgan fingerprint density at radius 2 is 2.14 bits per heavy atom. The molecule has 0 radical (unpaired) electrons. The van der Waals surface area contributed by atoms with Gasteiger partial charge in [-0.15, -0.1) is 11.3 Å². The third kappa shape index (κ3) is 4.07. The maximum atomic E-state index is 12.8. The number of benzene rings is 1. The van der Waals surface area contributed by atoms with Crippen molar-refractivity contribution in [3.05, 3.63) is 76.4 Å². The lowest BCUT2D eigenvalue weighted by atomic mass is 10.1. The third-order valence-electron chi connectivity index (χ3n) is 4.48. The molecule has 0 fully saturated rings. The molecular formula is C21H18N2O5S. The summed E-state index contributed by atoms with van der Waals surface area (Å²) in [6.45, 7) is -0.422. The first kappa shape index (κ1) is 18.9. The number of carbonyl (C=O) groups is 2. The largest absolute Gasteiger partial charge is 0.497 e. The van der Waals surface area contributed by atoms with Crippen LogP contribution in [-0.4, -0.2) is 36.3 Å². The number of furan rings is 1. The SMILES string of the molecule is COc1cccc(C(=O)OCC(=O)N2N=C(c3cccs3)CC2c2ccco2)c1. The monoisotopic (exact) mass is 410 g/mol. The highest BCUT2D eigenvalue weighted by Gasteiger charge is 2.35. The summed E-state index contributed by atoms with van der Waals surface area (Å²) in [7, 11) is 1.51. The molecule has 1 unspecified atom stereocenters. The van der Waals surface area contributed by atoms with E-state index in [4.69, 9.17) is 13.9 Å². The highest BCUT2D eigenvalue weighted by atomic mass is 32.1. The second-order valence-electron chi connectivity index (χ2n) is 6.31. The Hall–Kier alpha value is -3.39. The van der Waals surface area contributed by atoms with Crippen molar-refractivity contribution in [3.63, 3.8) is 0 Å². The smallest absolute Gasteiger partial charge is 0.338 e.